The van der Waals surface area contributed by atoms with E-state index in [1.807, 2.05) is 18.2 Å². The molecule has 2 N–H and O–H groups in total. The minimum absolute atomic E-state index is 0.0521. The molecule has 10 nitrogen and oxygen atoms in total. The Hall–Kier alpha value is -4.12. The molecule has 4 aromatic rings. The Morgan fingerprint density at radius 3 is 2.38 bits per heavy atom. The van der Waals surface area contributed by atoms with Crippen LogP contribution in [0.1, 0.15) is 27.5 Å². The Morgan fingerprint density at radius 1 is 1.03 bits per heavy atom. The summed E-state index contributed by atoms with van der Waals surface area (Å²) in [5.41, 5.74) is 1.57. The van der Waals surface area contributed by atoms with Crippen LogP contribution in [0.3, 0.4) is 0 Å². The lowest BCUT2D eigenvalue weighted by Gasteiger charge is -2.09. The number of nitrogens with zero attached hydrogens (tertiary/aromatic N) is 3. The molecule has 1 amide bonds. The summed E-state index contributed by atoms with van der Waals surface area (Å²) in [5, 5.41) is 6.34. The smallest absolute Gasteiger partial charge is 0.295 e. The standard InChI is InChI=1S/C23H23N5O5S/c1-14-21(16(3)33-25-14)34(31,32)26-18-10-8-9-17(13-18)22(29)24-20-15(2)27(4)28(23(20)30)19-11-6-5-7-12-19/h5-13,26H,1-4H3,(H,24,29). The minimum atomic E-state index is -3.97. The number of benzene rings is 2. The second-order valence-electron chi connectivity index (χ2n) is 7.73. The molecule has 0 fully saturated rings. The summed E-state index contributed by atoms with van der Waals surface area (Å²) in [7, 11) is -2.25. The number of aromatic nitrogens is 3. The Kier molecular flexibility index (Phi) is 5.88. The van der Waals surface area contributed by atoms with Gasteiger partial charge >= 0.3 is 0 Å². The van der Waals surface area contributed by atoms with Gasteiger partial charge in [-0.05, 0) is 51.1 Å². The predicted octanol–water partition coefficient (Wildman–Crippen LogP) is 3.14. The second-order valence-corrected chi connectivity index (χ2v) is 9.35. The maximum atomic E-state index is 13.0. The van der Waals surface area contributed by atoms with Crippen molar-refractivity contribution in [1.82, 2.24) is 14.5 Å². The number of carbonyl (C=O) groups is 1. The van der Waals surface area contributed by atoms with Crippen molar-refractivity contribution < 1.29 is 17.7 Å². The van der Waals surface area contributed by atoms with Crippen LogP contribution >= 0.6 is 0 Å². The number of sulfonamides is 1. The molecule has 2 heterocycles. The number of nitrogens with one attached hydrogen (secondary N) is 2. The Morgan fingerprint density at radius 2 is 1.74 bits per heavy atom. The van der Waals surface area contributed by atoms with Gasteiger partial charge in [-0.15, -0.1) is 0 Å². The summed E-state index contributed by atoms with van der Waals surface area (Å²) in [6.45, 7) is 4.76. The highest BCUT2D eigenvalue weighted by molar-refractivity contribution is 7.92. The summed E-state index contributed by atoms with van der Waals surface area (Å²) in [5.74, 6) is -0.391. The quantitative estimate of drug-likeness (QED) is 0.435. The van der Waals surface area contributed by atoms with Crippen molar-refractivity contribution in [3.05, 3.63) is 87.7 Å². The second kappa shape index (κ2) is 8.67. The van der Waals surface area contributed by atoms with E-state index in [1.54, 1.807) is 36.9 Å². The first kappa shape index (κ1) is 23.1. The minimum Gasteiger partial charge on any atom is -0.360 e. The molecule has 0 bridgehead atoms. The molecule has 34 heavy (non-hydrogen) atoms. The molecular formula is C23H23N5O5S. The Labute approximate surface area is 195 Å². The van der Waals surface area contributed by atoms with Gasteiger partial charge in [0.1, 0.15) is 11.4 Å². The summed E-state index contributed by atoms with van der Waals surface area (Å²) < 4.78 is 36.1. The van der Waals surface area contributed by atoms with Crippen LogP contribution in [0.5, 0.6) is 0 Å². The number of hydrogen-bond donors (Lipinski definition) is 2. The number of rotatable bonds is 6. The lowest BCUT2D eigenvalue weighted by Crippen LogP contribution is -2.23. The fourth-order valence-electron chi connectivity index (χ4n) is 3.69. The molecular weight excluding hydrogens is 458 g/mol. The highest BCUT2D eigenvalue weighted by atomic mass is 32.2. The van der Waals surface area contributed by atoms with Crippen molar-refractivity contribution in [2.24, 2.45) is 7.05 Å². The number of amides is 1. The summed E-state index contributed by atoms with van der Waals surface area (Å²) in [6, 6.07) is 15.0. The Bertz CT molecular complexity index is 1530. The van der Waals surface area contributed by atoms with Gasteiger partial charge in [0.2, 0.25) is 0 Å². The molecule has 0 unspecified atom stereocenters. The van der Waals surface area contributed by atoms with E-state index < -0.39 is 15.9 Å². The fraction of sp³-hybridized carbons (Fsp3) is 0.174. The zero-order chi connectivity index (χ0) is 24.6. The van der Waals surface area contributed by atoms with E-state index in [2.05, 4.69) is 15.2 Å². The molecule has 0 radical (unpaired) electrons. The molecule has 0 saturated heterocycles. The van der Waals surface area contributed by atoms with E-state index in [1.165, 1.54) is 36.7 Å². The number of hydrogen-bond acceptors (Lipinski definition) is 6. The molecule has 2 aromatic heterocycles. The van der Waals surface area contributed by atoms with Crippen molar-refractivity contribution >= 4 is 27.3 Å². The topological polar surface area (TPSA) is 128 Å². The Balaban J connectivity index is 1.61. The van der Waals surface area contributed by atoms with E-state index in [9.17, 15) is 18.0 Å². The normalized spacial score (nSPS) is 11.4. The van der Waals surface area contributed by atoms with Crippen LogP contribution in [-0.4, -0.2) is 28.8 Å². The third kappa shape index (κ3) is 4.13. The maximum absolute atomic E-state index is 13.0. The van der Waals surface area contributed by atoms with Gasteiger partial charge in [0, 0.05) is 18.3 Å². The fourth-order valence-corrected chi connectivity index (χ4v) is 5.07. The average Bonchev–Trinajstić information content (AvgIpc) is 3.25. The predicted molar refractivity (Wildman–Crippen MR) is 127 cm³/mol. The zero-order valence-electron chi connectivity index (χ0n) is 19.0. The number of carbonyl (C=O) groups excluding carboxylic acids is 1. The van der Waals surface area contributed by atoms with Crippen molar-refractivity contribution in [1.29, 1.82) is 0 Å². The molecule has 0 atom stereocenters. The largest absolute Gasteiger partial charge is 0.360 e. The van der Waals surface area contributed by atoms with Crippen molar-refractivity contribution in [2.45, 2.75) is 25.7 Å². The zero-order valence-corrected chi connectivity index (χ0v) is 19.8. The molecule has 0 spiro atoms. The van der Waals surface area contributed by atoms with Gasteiger partial charge < -0.3 is 9.84 Å². The van der Waals surface area contributed by atoms with Gasteiger partial charge in [0.25, 0.3) is 21.5 Å². The van der Waals surface area contributed by atoms with Crippen LogP contribution in [-0.2, 0) is 17.1 Å². The molecule has 176 valence electrons. The molecule has 0 aliphatic carbocycles. The van der Waals surface area contributed by atoms with Gasteiger partial charge in [-0.2, -0.15) is 0 Å². The van der Waals surface area contributed by atoms with Crippen LogP contribution in [0.25, 0.3) is 5.69 Å². The van der Waals surface area contributed by atoms with Gasteiger partial charge in [-0.3, -0.25) is 19.0 Å². The summed E-state index contributed by atoms with van der Waals surface area (Å²) in [4.78, 5) is 26.0. The average molecular weight is 482 g/mol. The monoisotopic (exact) mass is 481 g/mol. The van der Waals surface area contributed by atoms with Crippen molar-refractivity contribution in [3.8, 4) is 5.69 Å². The van der Waals surface area contributed by atoms with Gasteiger partial charge in [-0.25, -0.2) is 13.1 Å². The first-order chi connectivity index (χ1) is 16.1. The van der Waals surface area contributed by atoms with Crippen LogP contribution in [0, 0.1) is 20.8 Å². The van der Waals surface area contributed by atoms with E-state index in [-0.39, 0.29) is 38.8 Å². The molecule has 11 heteroatoms. The number of anilines is 2. The molecule has 2 aromatic carbocycles. The first-order valence-corrected chi connectivity index (χ1v) is 11.8. The maximum Gasteiger partial charge on any atom is 0.295 e. The van der Waals surface area contributed by atoms with Crippen LogP contribution in [0.15, 0.2) is 68.8 Å². The van der Waals surface area contributed by atoms with Crippen LogP contribution < -0.4 is 15.6 Å². The van der Waals surface area contributed by atoms with Crippen molar-refractivity contribution in [2.75, 3.05) is 10.0 Å². The highest BCUT2D eigenvalue weighted by Gasteiger charge is 2.25. The summed E-state index contributed by atoms with van der Waals surface area (Å²) >= 11 is 0. The van der Waals surface area contributed by atoms with Gasteiger partial charge in [-0.1, -0.05) is 29.4 Å². The van der Waals surface area contributed by atoms with E-state index in [0.29, 0.717) is 11.4 Å². The SMILES string of the molecule is Cc1noc(C)c1S(=O)(=O)Nc1cccc(C(=O)Nc2c(C)n(C)n(-c3ccccc3)c2=O)c1. The third-order valence-electron chi connectivity index (χ3n) is 5.41. The van der Waals surface area contributed by atoms with E-state index in [4.69, 9.17) is 4.52 Å². The van der Waals surface area contributed by atoms with E-state index >= 15 is 0 Å². The third-order valence-corrected chi connectivity index (χ3v) is 7.03. The molecule has 0 aliphatic rings. The number of aryl methyl sites for hydroxylation is 2. The van der Waals surface area contributed by atoms with Crippen LogP contribution in [0.2, 0.25) is 0 Å². The van der Waals surface area contributed by atoms with Gasteiger partial charge in [0.15, 0.2) is 10.7 Å². The lowest BCUT2D eigenvalue weighted by atomic mass is 10.2. The van der Waals surface area contributed by atoms with Crippen molar-refractivity contribution in [3.63, 3.8) is 0 Å². The molecule has 4 rings (SSSR count). The van der Waals surface area contributed by atoms with Gasteiger partial charge in [0.05, 0.1) is 11.4 Å². The number of para-hydroxylation sites is 1. The lowest BCUT2D eigenvalue weighted by molar-refractivity contribution is 0.102. The highest BCUT2D eigenvalue weighted by Crippen LogP contribution is 2.23. The van der Waals surface area contributed by atoms with Crippen LogP contribution in [0.4, 0.5) is 11.4 Å². The summed E-state index contributed by atoms with van der Waals surface area (Å²) in [6.07, 6.45) is 0. The van der Waals surface area contributed by atoms with E-state index in [0.717, 1.165) is 0 Å². The molecule has 0 aliphatic heterocycles. The molecule has 0 saturated carbocycles. The first-order valence-electron chi connectivity index (χ1n) is 10.3.